The highest BCUT2D eigenvalue weighted by molar-refractivity contribution is 5.42. The molecule has 94 valence electrons. The lowest BCUT2D eigenvalue weighted by atomic mass is 10.1. The summed E-state index contributed by atoms with van der Waals surface area (Å²) in [5, 5.41) is 0. The van der Waals surface area contributed by atoms with E-state index in [4.69, 9.17) is 0 Å². The third-order valence-electron chi connectivity index (χ3n) is 3.19. The molecule has 0 aromatic heterocycles. The summed E-state index contributed by atoms with van der Waals surface area (Å²) in [6, 6.07) is 15.3. The highest BCUT2D eigenvalue weighted by atomic mass is 19.1. The Balaban J connectivity index is 2.23. The third kappa shape index (κ3) is 2.96. The highest BCUT2D eigenvalue weighted by Crippen LogP contribution is 2.22. The van der Waals surface area contributed by atoms with Gasteiger partial charge in [-0.2, -0.15) is 0 Å². The molecule has 0 fully saturated rings. The zero-order valence-corrected chi connectivity index (χ0v) is 11.2. The molecule has 0 spiro atoms. The second-order valence-corrected chi connectivity index (χ2v) is 5.31. The van der Waals surface area contributed by atoms with Gasteiger partial charge in [-0.05, 0) is 19.1 Å². The quantitative estimate of drug-likeness (QED) is 0.718. The van der Waals surface area contributed by atoms with Gasteiger partial charge in [0.25, 0.3) is 0 Å². The standard InChI is InChI=1S/C16H19FN/c1-13-5-4-6-14(11-13)12-18(2,3)16-9-7-15(17)8-10-16/h4-11H,12H2,1-3H3/q+1. The fourth-order valence-electron chi connectivity index (χ4n) is 2.20. The third-order valence-corrected chi connectivity index (χ3v) is 3.19. The number of hydrogen-bond donors (Lipinski definition) is 0. The van der Waals surface area contributed by atoms with Crippen LogP contribution in [0.1, 0.15) is 11.1 Å². The molecule has 0 heterocycles. The van der Waals surface area contributed by atoms with Gasteiger partial charge < -0.3 is 0 Å². The number of benzene rings is 2. The van der Waals surface area contributed by atoms with E-state index in [2.05, 4.69) is 45.3 Å². The van der Waals surface area contributed by atoms with E-state index >= 15 is 0 Å². The van der Waals surface area contributed by atoms with Gasteiger partial charge in [-0.3, -0.25) is 4.48 Å². The maximum atomic E-state index is 12.9. The van der Waals surface area contributed by atoms with E-state index in [0.717, 1.165) is 12.2 Å². The average Bonchev–Trinajstić information content (AvgIpc) is 2.29. The SMILES string of the molecule is Cc1cccc(C[N+](C)(C)c2ccc(F)cc2)c1. The topological polar surface area (TPSA) is 0 Å². The fraction of sp³-hybridized carbons (Fsp3) is 0.250. The number of halogens is 1. The molecule has 0 unspecified atom stereocenters. The molecule has 0 amide bonds. The summed E-state index contributed by atoms with van der Waals surface area (Å²) >= 11 is 0. The minimum atomic E-state index is -0.186. The van der Waals surface area contributed by atoms with Gasteiger partial charge in [0.1, 0.15) is 18.0 Å². The normalized spacial score (nSPS) is 11.6. The smallest absolute Gasteiger partial charge is 0.132 e. The molecular formula is C16H19FN+. The van der Waals surface area contributed by atoms with Gasteiger partial charge in [0.05, 0.1) is 14.1 Å². The van der Waals surface area contributed by atoms with Gasteiger partial charge >= 0.3 is 0 Å². The van der Waals surface area contributed by atoms with Crippen molar-refractivity contribution in [3.63, 3.8) is 0 Å². The lowest BCUT2D eigenvalue weighted by molar-refractivity contribution is 0.391. The van der Waals surface area contributed by atoms with Crippen LogP contribution in [0.15, 0.2) is 48.5 Å². The first-order chi connectivity index (χ1) is 8.47. The molecular weight excluding hydrogens is 225 g/mol. The van der Waals surface area contributed by atoms with Crippen molar-refractivity contribution in [3.05, 3.63) is 65.5 Å². The van der Waals surface area contributed by atoms with Gasteiger partial charge in [0, 0.05) is 17.7 Å². The molecule has 0 N–H and O–H groups in total. The fourth-order valence-corrected chi connectivity index (χ4v) is 2.20. The number of nitrogens with zero attached hydrogens (tertiary/aromatic N) is 1. The van der Waals surface area contributed by atoms with Crippen LogP contribution in [0.2, 0.25) is 0 Å². The first-order valence-electron chi connectivity index (χ1n) is 6.12. The second-order valence-electron chi connectivity index (χ2n) is 5.31. The van der Waals surface area contributed by atoms with Crippen LogP contribution in [-0.4, -0.2) is 14.1 Å². The first-order valence-corrected chi connectivity index (χ1v) is 6.12. The van der Waals surface area contributed by atoms with Gasteiger partial charge in [0.2, 0.25) is 0 Å². The molecule has 18 heavy (non-hydrogen) atoms. The molecule has 0 saturated heterocycles. The highest BCUT2D eigenvalue weighted by Gasteiger charge is 2.19. The summed E-state index contributed by atoms with van der Waals surface area (Å²) in [5.74, 6) is -0.186. The molecule has 2 heteroatoms. The van der Waals surface area contributed by atoms with E-state index in [9.17, 15) is 4.39 Å². The summed E-state index contributed by atoms with van der Waals surface area (Å²) in [4.78, 5) is 0. The van der Waals surface area contributed by atoms with Crippen molar-refractivity contribution in [2.45, 2.75) is 13.5 Å². The first kappa shape index (κ1) is 12.8. The monoisotopic (exact) mass is 244 g/mol. The molecule has 2 aromatic carbocycles. The predicted octanol–water partition coefficient (Wildman–Crippen LogP) is 3.90. The maximum Gasteiger partial charge on any atom is 0.132 e. The van der Waals surface area contributed by atoms with E-state index in [-0.39, 0.29) is 5.82 Å². The van der Waals surface area contributed by atoms with E-state index < -0.39 is 0 Å². The average molecular weight is 244 g/mol. The Morgan fingerprint density at radius 3 is 2.28 bits per heavy atom. The van der Waals surface area contributed by atoms with Gasteiger partial charge in [-0.15, -0.1) is 0 Å². The summed E-state index contributed by atoms with van der Waals surface area (Å²) in [5.41, 5.74) is 3.67. The largest absolute Gasteiger partial charge is 0.292 e. The zero-order chi connectivity index (χ0) is 13.2. The van der Waals surface area contributed by atoms with Crippen LogP contribution in [0.3, 0.4) is 0 Å². The minimum absolute atomic E-state index is 0.186. The van der Waals surface area contributed by atoms with Gasteiger partial charge in [-0.1, -0.05) is 29.8 Å². The Morgan fingerprint density at radius 1 is 1.00 bits per heavy atom. The van der Waals surface area contributed by atoms with Crippen LogP contribution in [0.25, 0.3) is 0 Å². The summed E-state index contributed by atoms with van der Waals surface area (Å²) in [6.45, 7) is 2.99. The summed E-state index contributed by atoms with van der Waals surface area (Å²) < 4.78 is 13.7. The molecule has 2 rings (SSSR count). The van der Waals surface area contributed by atoms with Crippen molar-refractivity contribution in [2.24, 2.45) is 0 Å². The van der Waals surface area contributed by atoms with Crippen LogP contribution in [0.4, 0.5) is 10.1 Å². The predicted molar refractivity (Wildman–Crippen MR) is 74.9 cm³/mol. The van der Waals surface area contributed by atoms with Crippen LogP contribution in [-0.2, 0) is 6.54 Å². The number of aryl methyl sites for hydroxylation is 1. The molecule has 0 aliphatic rings. The Hall–Kier alpha value is -1.67. The lowest BCUT2D eigenvalue weighted by Gasteiger charge is -2.29. The summed E-state index contributed by atoms with van der Waals surface area (Å²) in [6.07, 6.45) is 0. The molecule has 0 radical (unpaired) electrons. The molecule has 0 saturated carbocycles. The van der Waals surface area contributed by atoms with Crippen molar-refractivity contribution in [1.82, 2.24) is 4.48 Å². The Kier molecular flexibility index (Phi) is 3.48. The molecule has 0 aliphatic heterocycles. The van der Waals surface area contributed by atoms with Crippen LogP contribution < -0.4 is 4.48 Å². The van der Waals surface area contributed by atoms with Crippen LogP contribution in [0, 0.1) is 12.7 Å². The van der Waals surface area contributed by atoms with Gasteiger partial charge in [0.15, 0.2) is 0 Å². The molecule has 0 bridgehead atoms. The Bertz CT molecular complexity index is 529. The van der Waals surface area contributed by atoms with Crippen molar-refractivity contribution >= 4 is 5.69 Å². The van der Waals surface area contributed by atoms with Crippen molar-refractivity contribution < 1.29 is 4.39 Å². The Morgan fingerprint density at radius 2 is 1.67 bits per heavy atom. The van der Waals surface area contributed by atoms with Crippen molar-refractivity contribution in [2.75, 3.05) is 14.1 Å². The Labute approximate surface area is 108 Å². The van der Waals surface area contributed by atoms with Crippen molar-refractivity contribution in [3.8, 4) is 0 Å². The minimum Gasteiger partial charge on any atom is -0.292 e. The zero-order valence-electron chi connectivity index (χ0n) is 11.2. The second kappa shape index (κ2) is 4.91. The van der Waals surface area contributed by atoms with E-state index in [1.807, 2.05) is 12.1 Å². The molecule has 0 aliphatic carbocycles. The van der Waals surface area contributed by atoms with Crippen LogP contribution in [0.5, 0.6) is 0 Å². The van der Waals surface area contributed by atoms with E-state index in [1.165, 1.54) is 23.3 Å². The molecule has 2 aromatic rings. The number of rotatable bonds is 3. The molecule has 1 nitrogen and oxygen atoms in total. The van der Waals surface area contributed by atoms with Gasteiger partial charge in [-0.25, -0.2) is 4.39 Å². The van der Waals surface area contributed by atoms with Crippen LogP contribution >= 0.6 is 0 Å². The van der Waals surface area contributed by atoms with E-state index in [1.54, 1.807) is 0 Å². The number of quaternary nitrogens is 1. The summed E-state index contributed by atoms with van der Waals surface area (Å²) in [7, 11) is 4.27. The maximum absolute atomic E-state index is 12.9. The molecule has 0 atom stereocenters. The van der Waals surface area contributed by atoms with E-state index in [0.29, 0.717) is 4.48 Å². The van der Waals surface area contributed by atoms with Crippen molar-refractivity contribution in [1.29, 1.82) is 0 Å². The number of hydrogen-bond acceptors (Lipinski definition) is 0. The lowest BCUT2D eigenvalue weighted by Crippen LogP contribution is -2.39.